The van der Waals surface area contributed by atoms with Gasteiger partial charge in [-0.15, -0.1) is 0 Å². The zero-order chi connectivity index (χ0) is 21.7. The van der Waals surface area contributed by atoms with Crippen molar-refractivity contribution in [2.24, 2.45) is 5.73 Å². The fourth-order valence-corrected chi connectivity index (χ4v) is 3.93. The molecule has 1 unspecified atom stereocenters. The zero-order valence-electron chi connectivity index (χ0n) is 18.2. The molecule has 3 aromatic rings. The third kappa shape index (κ3) is 7.68. The molecule has 1 aromatic heterocycles. The number of unbranched alkanes of at least 4 members (excludes halogenated alkanes) is 2. The maximum absolute atomic E-state index is 13.2. The number of H-pyrrole nitrogens is 1. The van der Waals surface area contributed by atoms with Crippen LogP contribution in [0.5, 0.6) is 0 Å². The van der Waals surface area contributed by atoms with Gasteiger partial charge in [-0.2, -0.15) is 0 Å². The minimum Gasteiger partial charge on any atom is -0.348 e. The second-order valence-electron chi connectivity index (χ2n) is 8.06. The Labute approximate surface area is 185 Å². The molecular weight excluding hydrogens is 384 g/mol. The monoisotopic (exact) mass is 418 g/mol. The van der Waals surface area contributed by atoms with Gasteiger partial charge >= 0.3 is 0 Å². The van der Waals surface area contributed by atoms with Crippen LogP contribution in [0.3, 0.4) is 0 Å². The number of aromatic nitrogens is 2. The van der Waals surface area contributed by atoms with Gasteiger partial charge < -0.3 is 15.6 Å². The average molecular weight is 419 g/mol. The van der Waals surface area contributed by atoms with Gasteiger partial charge in [0.25, 0.3) is 0 Å². The largest absolute Gasteiger partial charge is 0.348 e. The summed E-state index contributed by atoms with van der Waals surface area (Å²) in [6.45, 7) is 2.09. The number of nitrogens with zero attached hydrogens (tertiary/aromatic N) is 2. The van der Waals surface area contributed by atoms with Gasteiger partial charge in [-0.25, -0.2) is 4.98 Å². The number of imidazole rings is 1. The molecule has 31 heavy (non-hydrogen) atoms. The zero-order valence-corrected chi connectivity index (χ0v) is 18.2. The molecule has 0 saturated heterocycles. The molecule has 0 aliphatic carbocycles. The highest BCUT2D eigenvalue weighted by Gasteiger charge is 2.21. The van der Waals surface area contributed by atoms with Crippen molar-refractivity contribution in [3.05, 3.63) is 90.0 Å². The van der Waals surface area contributed by atoms with E-state index in [1.807, 2.05) is 23.2 Å². The minimum atomic E-state index is 0.227. The summed E-state index contributed by atoms with van der Waals surface area (Å²) in [7, 11) is 0. The van der Waals surface area contributed by atoms with Crippen molar-refractivity contribution in [2.75, 3.05) is 19.6 Å². The van der Waals surface area contributed by atoms with E-state index in [-0.39, 0.29) is 11.8 Å². The Hall–Kier alpha value is -2.92. The van der Waals surface area contributed by atoms with Crippen molar-refractivity contribution in [1.29, 1.82) is 0 Å². The summed E-state index contributed by atoms with van der Waals surface area (Å²) < 4.78 is 0. The summed E-state index contributed by atoms with van der Waals surface area (Å²) in [4.78, 5) is 22.5. The lowest BCUT2D eigenvalue weighted by Gasteiger charge is -2.28. The number of benzene rings is 2. The van der Waals surface area contributed by atoms with E-state index < -0.39 is 0 Å². The normalized spacial score (nSPS) is 11.9. The van der Waals surface area contributed by atoms with Crippen LogP contribution in [0.4, 0.5) is 0 Å². The van der Waals surface area contributed by atoms with Gasteiger partial charge in [-0.1, -0.05) is 67.1 Å². The molecule has 0 saturated carbocycles. The molecule has 1 heterocycles. The van der Waals surface area contributed by atoms with Crippen molar-refractivity contribution in [3.63, 3.8) is 0 Å². The second-order valence-corrected chi connectivity index (χ2v) is 8.06. The van der Waals surface area contributed by atoms with Gasteiger partial charge in [0.2, 0.25) is 5.91 Å². The van der Waals surface area contributed by atoms with E-state index in [0.29, 0.717) is 26.1 Å². The summed E-state index contributed by atoms with van der Waals surface area (Å²) in [6, 6.07) is 21.1. The summed E-state index contributed by atoms with van der Waals surface area (Å²) in [5.74, 6) is 0.476. The van der Waals surface area contributed by atoms with Gasteiger partial charge in [0, 0.05) is 43.7 Å². The summed E-state index contributed by atoms with van der Waals surface area (Å²) in [5.41, 5.74) is 9.23. The van der Waals surface area contributed by atoms with Crippen LogP contribution in [0, 0.1) is 0 Å². The van der Waals surface area contributed by atoms with Crippen LogP contribution in [-0.2, 0) is 17.6 Å². The number of carbonyl (C=O) groups excluding carboxylic acids is 1. The number of hydrogen-bond donors (Lipinski definition) is 2. The highest BCUT2D eigenvalue weighted by molar-refractivity contribution is 5.76. The Balaban J connectivity index is 1.73. The molecule has 0 aliphatic rings. The van der Waals surface area contributed by atoms with Crippen molar-refractivity contribution >= 4 is 5.91 Å². The SMILES string of the molecule is NCCCCCC(=O)N(CCc1cnc[nH]1)CC(Cc1ccccc1)c1ccccc1. The lowest BCUT2D eigenvalue weighted by molar-refractivity contribution is -0.131. The van der Waals surface area contributed by atoms with E-state index in [4.69, 9.17) is 5.73 Å². The van der Waals surface area contributed by atoms with Crippen LogP contribution in [0.15, 0.2) is 73.2 Å². The smallest absolute Gasteiger partial charge is 0.222 e. The van der Waals surface area contributed by atoms with Gasteiger partial charge in [0.05, 0.1) is 6.33 Å². The number of nitrogens with two attached hydrogens (primary N) is 1. The molecule has 3 N–H and O–H groups in total. The Morgan fingerprint density at radius 3 is 2.42 bits per heavy atom. The number of hydrogen-bond acceptors (Lipinski definition) is 3. The quantitative estimate of drug-likeness (QED) is 0.406. The highest BCUT2D eigenvalue weighted by Crippen LogP contribution is 2.23. The topological polar surface area (TPSA) is 75.0 Å². The standard InChI is InChI=1S/C26H34N4O/c27-16-9-3-8-14-26(31)30(17-15-25-19-28-21-29-25)20-24(23-12-6-2-7-13-23)18-22-10-4-1-5-11-22/h1-2,4-7,10-13,19,21,24H,3,8-9,14-18,20,27H2,(H,28,29). The predicted molar refractivity (Wildman–Crippen MR) is 126 cm³/mol. The maximum Gasteiger partial charge on any atom is 0.222 e. The van der Waals surface area contributed by atoms with E-state index in [1.165, 1.54) is 11.1 Å². The number of nitrogens with one attached hydrogen (secondary N) is 1. The van der Waals surface area contributed by atoms with E-state index in [9.17, 15) is 4.79 Å². The molecule has 1 amide bonds. The van der Waals surface area contributed by atoms with Crippen molar-refractivity contribution in [3.8, 4) is 0 Å². The first-order valence-electron chi connectivity index (χ1n) is 11.3. The fourth-order valence-electron chi connectivity index (χ4n) is 3.93. The number of aromatic amines is 1. The van der Waals surface area contributed by atoms with Gasteiger partial charge in [0.15, 0.2) is 0 Å². The van der Waals surface area contributed by atoms with Crippen LogP contribution in [0.25, 0.3) is 0 Å². The number of rotatable bonds is 13. The molecule has 164 valence electrons. The third-order valence-corrected chi connectivity index (χ3v) is 5.69. The van der Waals surface area contributed by atoms with E-state index >= 15 is 0 Å². The Kier molecular flexibility index (Phi) is 9.32. The van der Waals surface area contributed by atoms with Crippen LogP contribution in [0.1, 0.15) is 48.4 Å². The van der Waals surface area contributed by atoms with Crippen molar-refractivity contribution < 1.29 is 4.79 Å². The lowest BCUT2D eigenvalue weighted by atomic mass is 9.91. The molecule has 0 aliphatic heterocycles. The Morgan fingerprint density at radius 1 is 1.00 bits per heavy atom. The molecule has 0 fully saturated rings. The molecule has 3 rings (SSSR count). The lowest BCUT2D eigenvalue weighted by Crippen LogP contribution is -2.37. The fraction of sp³-hybridized carbons (Fsp3) is 0.385. The van der Waals surface area contributed by atoms with Crippen LogP contribution >= 0.6 is 0 Å². The number of amides is 1. The summed E-state index contributed by atoms with van der Waals surface area (Å²) in [6.07, 6.45) is 8.66. The Bertz CT molecular complexity index is 865. The van der Waals surface area contributed by atoms with E-state index in [1.54, 1.807) is 6.33 Å². The summed E-state index contributed by atoms with van der Waals surface area (Å²) >= 11 is 0. The van der Waals surface area contributed by atoms with Crippen molar-refractivity contribution in [1.82, 2.24) is 14.9 Å². The van der Waals surface area contributed by atoms with Crippen LogP contribution in [-0.4, -0.2) is 40.4 Å². The summed E-state index contributed by atoms with van der Waals surface area (Å²) in [5, 5.41) is 0. The maximum atomic E-state index is 13.2. The molecule has 0 spiro atoms. The highest BCUT2D eigenvalue weighted by atomic mass is 16.2. The molecule has 5 nitrogen and oxygen atoms in total. The molecular formula is C26H34N4O. The molecule has 1 atom stereocenters. The first-order valence-corrected chi connectivity index (χ1v) is 11.3. The molecule has 0 radical (unpaired) electrons. The van der Waals surface area contributed by atoms with Crippen LogP contribution < -0.4 is 5.73 Å². The van der Waals surface area contributed by atoms with Gasteiger partial charge in [-0.05, 0) is 36.9 Å². The van der Waals surface area contributed by atoms with Gasteiger partial charge in [0.1, 0.15) is 0 Å². The minimum absolute atomic E-state index is 0.227. The van der Waals surface area contributed by atoms with E-state index in [0.717, 1.165) is 37.8 Å². The van der Waals surface area contributed by atoms with Crippen molar-refractivity contribution in [2.45, 2.75) is 44.4 Å². The first-order chi connectivity index (χ1) is 15.3. The Morgan fingerprint density at radius 2 is 1.74 bits per heavy atom. The van der Waals surface area contributed by atoms with Crippen LogP contribution in [0.2, 0.25) is 0 Å². The third-order valence-electron chi connectivity index (χ3n) is 5.69. The van der Waals surface area contributed by atoms with E-state index in [2.05, 4.69) is 58.5 Å². The average Bonchev–Trinajstić information content (AvgIpc) is 3.33. The second kappa shape index (κ2) is 12.7. The van der Waals surface area contributed by atoms with Gasteiger partial charge in [-0.3, -0.25) is 4.79 Å². The molecule has 5 heteroatoms. The molecule has 0 bridgehead atoms. The molecule has 2 aromatic carbocycles. The first kappa shape index (κ1) is 22.8. The number of carbonyl (C=O) groups is 1. The predicted octanol–water partition coefficient (Wildman–Crippen LogP) is 4.33.